The van der Waals surface area contributed by atoms with E-state index in [9.17, 15) is 19.8 Å². The van der Waals surface area contributed by atoms with E-state index in [1.807, 2.05) is 6.07 Å². The molecule has 0 aromatic carbocycles. The van der Waals surface area contributed by atoms with Gasteiger partial charge in [-0.05, 0) is 43.0 Å². The average Bonchev–Trinajstić information content (AvgIpc) is 3.64. The van der Waals surface area contributed by atoms with Gasteiger partial charge in [0.2, 0.25) is 0 Å². The van der Waals surface area contributed by atoms with Crippen molar-refractivity contribution in [3.63, 3.8) is 0 Å². The summed E-state index contributed by atoms with van der Waals surface area (Å²) in [7, 11) is 0. The van der Waals surface area contributed by atoms with Gasteiger partial charge in [0.25, 0.3) is 11.5 Å². The number of anilines is 1. The van der Waals surface area contributed by atoms with Gasteiger partial charge in [0.15, 0.2) is 6.29 Å². The highest BCUT2D eigenvalue weighted by Crippen LogP contribution is 2.38. The van der Waals surface area contributed by atoms with Crippen LogP contribution in [0.15, 0.2) is 41.5 Å². The fraction of sp³-hybridized carbons (Fsp3) is 0.364. The zero-order valence-electron chi connectivity index (χ0n) is 16.9. The Hall–Kier alpha value is -3.14. The fourth-order valence-corrected chi connectivity index (χ4v) is 4.09. The molecule has 4 heterocycles. The van der Waals surface area contributed by atoms with Crippen molar-refractivity contribution < 1.29 is 15.0 Å². The number of pyridine rings is 3. The Kier molecular flexibility index (Phi) is 4.81. The number of aliphatic hydroxyl groups is 2. The van der Waals surface area contributed by atoms with Crippen molar-refractivity contribution in [1.29, 1.82) is 0 Å². The molecule has 3 aromatic rings. The maximum atomic E-state index is 12.3. The molecule has 1 aliphatic heterocycles. The van der Waals surface area contributed by atoms with Crippen LogP contribution in [-0.4, -0.2) is 62.5 Å². The van der Waals surface area contributed by atoms with Crippen LogP contribution in [0.25, 0.3) is 11.0 Å². The van der Waals surface area contributed by atoms with E-state index in [1.54, 1.807) is 29.3 Å². The van der Waals surface area contributed by atoms with Crippen LogP contribution in [-0.2, 0) is 5.91 Å². The lowest BCUT2D eigenvalue weighted by Gasteiger charge is -2.42. The summed E-state index contributed by atoms with van der Waals surface area (Å²) < 4.78 is 0. The molecule has 0 radical (unpaired) electrons. The quantitative estimate of drug-likeness (QED) is 0.411. The first-order valence-electron chi connectivity index (χ1n) is 10.3. The number of hydrogen-bond donors (Lipinski definition) is 3. The molecule has 1 saturated carbocycles. The standard InChI is InChI=1S/C22H23N5O4/c28-13-16-3-4-17(12-23-16)26-5-7-27(8-6-26)22(30,31)15-9-20-19(24-11-15)10-18(14-1-2-14)21(29)25-20/h3-4,9-14,30-31H,1-2,5-8H2,(H,25,29). The zero-order chi connectivity index (χ0) is 21.6. The molecule has 31 heavy (non-hydrogen) atoms. The van der Waals surface area contributed by atoms with Gasteiger partial charge in [0, 0.05) is 43.5 Å². The number of rotatable bonds is 5. The maximum Gasteiger partial charge on any atom is 0.255 e. The first kappa shape index (κ1) is 19.8. The van der Waals surface area contributed by atoms with Gasteiger partial charge in [-0.3, -0.25) is 19.6 Å². The summed E-state index contributed by atoms with van der Waals surface area (Å²) in [5.74, 6) is -1.90. The topological polar surface area (TPSA) is 123 Å². The van der Waals surface area contributed by atoms with Gasteiger partial charge in [-0.2, -0.15) is 0 Å². The third-order valence-corrected chi connectivity index (χ3v) is 6.10. The lowest BCUT2D eigenvalue weighted by Crippen LogP contribution is -2.55. The summed E-state index contributed by atoms with van der Waals surface area (Å²) in [6, 6.07) is 6.87. The van der Waals surface area contributed by atoms with E-state index < -0.39 is 5.91 Å². The molecule has 0 unspecified atom stereocenters. The van der Waals surface area contributed by atoms with Crippen LogP contribution in [0.5, 0.6) is 0 Å². The number of fused-ring (bicyclic) bond motifs is 1. The SMILES string of the molecule is O=Cc1ccc(N2CCN(C(O)(O)c3cnc4cc(C5CC5)c(=O)[nH]c4c3)CC2)cn1. The van der Waals surface area contributed by atoms with Crippen LogP contribution in [0.1, 0.15) is 40.4 Å². The molecule has 9 nitrogen and oxygen atoms in total. The molecule has 2 aliphatic rings. The number of hydrogen-bond acceptors (Lipinski definition) is 8. The molecule has 0 spiro atoms. The van der Waals surface area contributed by atoms with E-state index in [2.05, 4.69) is 19.9 Å². The van der Waals surface area contributed by atoms with Crippen molar-refractivity contribution in [3.05, 3.63) is 63.8 Å². The Balaban J connectivity index is 1.34. The highest BCUT2D eigenvalue weighted by atomic mass is 16.5. The Morgan fingerprint density at radius 3 is 2.48 bits per heavy atom. The molecule has 0 amide bonds. The first-order chi connectivity index (χ1) is 15.0. The van der Waals surface area contributed by atoms with Crippen LogP contribution in [0, 0.1) is 0 Å². The Morgan fingerprint density at radius 2 is 1.84 bits per heavy atom. The number of carbonyl (C=O) groups is 1. The smallest absolute Gasteiger partial charge is 0.255 e. The van der Waals surface area contributed by atoms with Gasteiger partial charge < -0.3 is 20.1 Å². The summed E-state index contributed by atoms with van der Waals surface area (Å²) in [4.78, 5) is 38.0. The number of aldehydes is 1. The second-order valence-corrected chi connectivity index (χ2v) is 8.15. The van der Waals surface area contributed by atoms with E-state index in [0.717, 1.165) is 24.1 Å². The number of aromatic amines is 1. The van der Waals surface area contributed by atoms with E-state index in [-0.39, 0.29) is 11.1 Å². The van der Waals surface area contributed by atoms with Crippen molar-refractivity contribution in [2.45, 2.75) is 24.7 Å². The van der Waals surface area contributed by atoms with Crippen molar-refractivity contribution in [2.24, 2.45) is 0 Å². The summed E-state index contributed by atoms with van der Waals surface area (Å²) in [5, 5.41) is 21.8. The van der Waals surface area contributed by atoms with Crippen LogP contribution in [0.3, 0.4) is 0 Å². The molecule has 1 saturated heterocycles. The van der Waals surface area contributed by atoms with E-state index in [4.69, 9.17) is 0 Å². The van der Waals surface area contributed by atoms with E-state index in [1.165, 1.54) is 6.20 Å². The lowest BCUT2D eigenvalue weighted by atomic mass is 10.1. The largest absolute Gasteiger partial charge is 0.368 e. The fourth-order valence-electron chi connectivity index (χ4n) is 4.09. The average molecular weight is 421 g/mol. The molecule has 2 fully saturated rings. The van der Waals surface area contributed by atoms with E-state index >= 15 is 0 Å². The van der Waals surface area contributed by atoms with Gasteiger partial charge >= 0.3 is 0 Å². The minimum atomic E-state index is -2.21. The maximum absolute atomic E-state index is 12.3. The zero-order valence-corrected chi connectivity index (χ0v) is 16.9. The Labute approximate surface area is 178 Å². The molecule has 0 atom stereocenters. The molecule has 1 aliphatic carbocycles. The molecule has 3 aromatic heterocycles. The van der Waals surface area contributed by atoms with Gasteiger partial charge in [0.05, 0.1) is 22.9 Å². The van der Waals surface area contributed by atoms with Crippen molar-refractivity contribution in [1.82, 2.24) is 19.9 Å². The number of H-pyrrole nitrogens is 1. The van der Waals surface area contributed by atoms with Gasteiger partial charge in [-0.1, -0.05) is 0 Å². The molecule has 0 bridgehead atoms. The third kappa shape index (κ3) is 3.71. The Bertz CT molecular complexity index is 1180. The number of nitrogens with zero attached hydrogens (tertiary/aromatic N) is 4. The van der Waals surface area contributed by atoms with Gasteiger partial charge in [-0.15, -0.1) is 0 Å². The van der Waals surface area contributed by atoms with Crippen molar-refractivity contribution >= 4 is 23.0 Å². The molecule has 5 rings (SSSR count). The predicted octanol–water partition coefficient (Wildman–Crippen LogP) is 0.925. The van der Waals surface area contributed by atoms with Crippen LogP contribution < -0.4 is 10.5 Å². The minimum Gasteiger partial charge on any atom is -0.368 e. The first-order valence-corrected chi connectivity index (χ1v) is 10.3. The Morgan fingerprint density at radius 1 is 1.06 bits per heavy atom. The van der Waals surface area contributed by atoms with Crippen molar-refractivity contribution in [2.75, 3.05) is 31.1 Å². The molecule has 9 heteroatoms. The highest BCUT2D eigenvalue weighted by Gasteiger charge is 2.37. The summed E-state index contributed by atoms with van der Waals surface area (Å²) in [6.07, 6.45) is 5.83. The molecular weight excluding hydrogens is 398 g/mol. The monoisotopic (exact) mass is 421 g/mol. The molecular formula is C22H23N5O4. The second kappa shape index (κ2) is 7.52. The van der Waals surface area contributed by atoms with Gasteiger partial charge in [0.1, 0.15) is 5.69 Å². The summed E-state index contributed by atoms with van der Waals surface area (Å²) >= 11 is 0. The summed E-state index contributed by atoms with van der Waals surface area (Å²) in [5.41, 5.74) is 3.19. The normalized spacial score (nSPS) is 17.8. The number of carbonyl (C=O) groups excluding carboxylic acids is 1. The number of nitrogens with one attached hydrogen (secondary N) is 1. The highest BCUT2D eigenvalue weighted by molar-refractivity contribution is 5.75. The van der Waals surface area contributed by atoms with Crippen LogP contribution in [0.2, 0.25) is 0 Å². The summed E-state index contributed by atoms with van der Waals surface area (Å²) in [6.45, 7) is 1.93. The van der Waals surface area contributed by atoms with Gasteiger partial charge in [-0.25, -0.2) is 4.90 Å². The lowest BCUT2D eigenvalue weighted by molar-refractivity contribution is -0.276. The second-order valence-electron chi connectivity index (χ2n) is 8.15. The molecule has 160 valence electrons. The number of aromatic nitrogens is 3. The third-order valence-electron chi connectivity index (χ3n) is 6.10. The van der Waals surface area contributed by atoms with Crippen molar-refractivity contribution in [3.8, 4) is 0 Å². The van der Waals surface area contributed by atoms with Crippen LogP contribution in [0.4, 0.5) is 5.69 Å². The number of piperazine rings is 1. The molecule has 3 N–H and O–H groups in total. The van der Waals surface area contributed by atoms with E-state index in [0.29, 0.717) is 55.1 Å². The minimum absolute atomic E-state index is 0.141. The van der Waals surface area contributed by atoms with Crippen LogP contribution >= 0.6 is 0 Å². The predicted molar refractivity (Wildman–Crippen MR) is 114 cm³/mol.